The molecule has 14 heavy (non-hydrogen) atoms. The highest BCUT2D eigenvalue weighted by atomic mass is 35.5. The van der Waals surface area contributed by atoms with Crippen LogP contribution in [0.3, 0.4) is 0 Å². The number of hydrogen-bond acceptors (Lipinski definition) is 4. The first-order valence-corrected chi connectivity index (χ1v) is 4.90. The minimum atomic E-state index is 0.319. The largest absolute Gasteiger partial charge is 0.490 e. The molecule has 0 saturated carbocycles. The average molecular weight is 214 g/mol. The van der Waals surface area contributed by atoms with Gasteiger partial charge >= 0.3 is 0 Å². The van der Waals surface area contributed by atoms with Crippen molar-refractivity contribution >= 4 is 17.3 Å². The van der Waals surface area contributed by atoms with Crippen LogP contribution in [0.15, 0.2) is 12.3 Å². The molecule has 1 aromatic rings. The Morgan fingerprint density at radius 2 is 2.50 bits per heavy atom. The van der Waals surface area contributed by atoms with Crippen molar-refractivity contribution in [2.24, 2.45) is 0 Å². The molecule has 0 bridgehead atoms. The second-order valence-electron chi connectivity index (χ2n) is 3.30. The predicted molar refractivity (Wildman–Crippen MR) is 55.6 cm³/mol. The molecule has 2 rings (SSSR count). The second-order valence-corrected chi connectivity index (χ2v) is 3.66. The number of pyridine rings is 1. The first kappa shape index (κ1) is 9.55. The van der Waals surface area contributed by atoms with Gasteiger partial charge < -0.3 is 15.8 Å². The lowest BCUT2D eigenvalue weighted by molar-refractivity contribution is 0.217. The van der Waals surface area contributed by atoms with Gasteiger partial charge in [0.15, 0.2) is 5.15 Å². The topological polar surface area (TPSA) is 60.2 Å². The maximum atomic E-state index is 5.68. The molecule has 2 heterocycles. The van der Waals surface area contributed by atoms with Crippen molar-refractivity contribution in [3.05, 3.63) is 17.4 Å². The zero-order chi connectivity index (χ0) is 9.97. The first-order chi connectivity index (χ1) is 6.75. The molecular weight excluding hydrogens is 202 g/mol. The van der Waals surface area contributed by atoms with E-state index in [4.69, 9.17) is 22.1 Å². The Kier molecular flexibility index (Phi) is 2.74. The van der Waals surface area contributed by atoms with E-state index in [9.17, 15) is 0 Å². The van der Waals surface area contributed by atoms with Crippen molar-refractivity contribution in [3.63, 3.8) is 0 Å². The molecule has 0 radical (unpaired) electrons. The molecule has 0 amide bonds. The Labute approximate surface area is 87.4 Å². The van der Waals surface area contributed by atoms with E-state index in [-0.39, 0.29) is 0 Å². The molecule has 1 saturated heterocycles. The quantitative estimate of drug-likeness (QED) is 0.738. The summed E-state index contributed by atoms with van der Waals surface area (Å²) in [6.07, 6.45) is 2.74. The van der Waals surface area contributed by atoms with Gasteiger partial charge in [0, 0.05) is 12.1 Å². The molecule has 1 fully saturated rings. The summed E-state index contributed by atoms with van der Waals surface area (Å²) in [5, 5.41) is 3.56. The highest BCUT2D eigenvalue weighted by Gasteiger charge is 2.16. The van der Waals surface area contributed by atoms with E-state index in [1.165, 1.54) is 0 Å². The van der Waals surface area contributed by atoms with Crippen LogP contribution in [0.25, 0.3) is 0 Å². The smallest absolute Gasteiger partial charge is 0.152 e. The third-order valence-electron chi connectivity index (χ3n) is 2.22. The van der Waals surface area contributed by atoms with Gasteiger partial charge in [0.2, 0.25) is 0 Å². The van der Waals surface area contributed by atoms with Gasteiger partial charge in [-0.15, -0.1) is 0 Å². The number of ether oxygens (including phenoxy) is 1. The fourth-order valence-electron chi connectivity index (χ4n) is 1.21. The molecule has 0 aliphatic carbocycles. The standard InChI is InChI=1S/C9H12ClN3O/c10-9-8(11)3-7(4-13-9)14-5-6-1-2-12-6/h3-4,6,12H,1-2,5,11H2/t6-/m0/s1. The fraction of sp³-hybridized carbons (Fsp3) is 0.444. The number of nitrogens with one attached hydrogen (secondary N) is 1. The van der Waals surface area contributed by atoms with E-state index in [1.807, 2.05) is 0 Å². The number of rotatable bonds is 3. The zero-order valence-corrected chi connectivity index (χ0v) is 8.42. The maximum absolute atomic E-state index is 5.68. The predicted octanol–water partition coefficient (Wildman–Crippen LogP) is 1.06. The van der Waals surface area contributed by atoms with Crippen LogP contribution in [-0.4, -0.2) is 24.2 Å². The van der Waals surface area contributed by atoms with E-state index in [2.05, 4.69) is 10.3 Å². The number of nitrogens with two attached hydrogens (primary N) is 1. The average Bonchev–Trinajstić information content (AvgIpc) is 2.08. The van der Waals surface area contributed by atoms with Crippen LogP contribution >= 0.6 is 11.6 Å². The van der Waals surface area contributed by atoms with Gasteiger partial charge in [-0.3, -0.25) is 0 Å². The van der Waals surface area contributed by atoms with Gasteiger partial charge in [0.25, 0.3) is 0 Å². The Morgan fingerprint density at radius 1 is 1.71 bits per heavy atom. The number of nitrogens with zero attached hydrogens (tertiary/aromatic N) is 1. The summed E-state index contributed by atoms with van der Waals surface area (Å²) in [7, 11) is 0. The zero-order valence-electron chi connectivity index (χ0n) is 7.66. The molecule has 1 aliphatic heterocycles. The molecule has 1 atom stereocenters. The van der Waals surface area contributed by atoms with Crippen LogP contribution < -0.4 is 15.8 Å². The highest BCUT2D eigenvalue weighted by molar-refractivity contribution is 6.31. The summed E-state index contributed by atoms with van der Waals surface area (Å²) >= 11 is 5.68. The van der Waals surface area contributed by atoms with Gasteiger partial charge in [-0.05, 0) is 13.0 Å². The Hall–Kier alpha value is -1.00. The van der Waals surface area contributed by atoms with Gasteiger partial charge in [-0.25, -0.2) is 4.98 Å². The normalized spacial score (nSPS) is 20.2. The number of aromatic nitrogens is 1. The highest BCUT2D eigenvalue weighted by Crippen LogP contribution is 2.21. The molecule has 1 aromatic heterocycles. The van der Waals surface area contributed by atoms with Crippen LogP contribution in [0.2, 0.25) is 5.15 Å². The van der Waals surface area contributed by atoms with Gasteiger partial charge in [-0.2, -0.15) is 0 Å². The van der Waals surface area contributed by atoms with Crippen molar-refractivity contribution in [2.45, 2.75) is 12.5 Å². The van der Waals surface area contributed by atoms with E-state index in [0.29, 0.717) is 29.2 Å². The summed E-state index contributed by atoms with van der Waals surface area (Å²) in [6, 6.07) is 2.15. The lowest BCUT2D eigenvalue weighted by Gasteiger charge is -2.27. The van der Waals surface area contributed by atoms with Crippen molar-refractivity contribution in [1.82, 2.24) is 10.3 Å². The Morgan fingerprint density at radius 3 is 3.07 bits per heavy atom. The van der Waals surface area contributed by atoms with Gasteiger partial charge in [0.1, 0.15) is 12.4 Å². The first-order valence-electron chi connectivity index (χ1n) is 4.53. The molecule has 0 spiro atoms. The molecule has 3 N–H and O–H groups in total. The van der Waals surface area contributed by atoms with Crippen LogP contribution in [0.5, 0.6) is 5.75 Å². The van der Waals surface area contributed by atoms with E-state index < -0.39 is 0 Å². The molecule has 1 aliphatic rings. The summed E-state index contributed by atoms with van der Waals surface area (Å²) in [5.41, 5.74) is 6.03. The molecule has 0 aromatic carbocycles. The van der Waals surface area contributed by atoms with Crippen LogP contribution in [0.1, 0.15) is 6.42 Å². The van der Waals surface area contributed by atoms with E-state index in [1.54, 1.807) is 12.3 Å². The second kappa shape index (κ2) is 4.02. The molecule has 0 unspecified atom stereocenters. The number of anilines is 1. The summed E-state index contributed by atoms with van der Waals surface area (Å²) in [6.45, 7) is 1.73. The van der Waals surface area contributed by atoms with Gasteiger partial charge in [0.05, 0.1) is 11.9 Å². The van der Waals surface area contributed by atoms with Crippen LogP contribution in [0, 0.1) is 0 Å². The minimum Gasteiger partial charge on any atom is -0.490 e. The lowest BCUT2D eigenvalue weighted by atomic mass is 10.1. The molecule has 5 heteroatoms. The number of halogens is 1. The van der Waals surface area contributed by atoms with Crippen LogP contribution in [0.4, 0.5) is 5.69 Å². The molecule has 4 nitrogen and oxygen atoms in total. The Balaban J connectivity index is 1.91. The number of hydrogen-bond donors (Lipinski definition) is 2. The monoisotopic (exact) mass is 213 g/mol. The maximum Gasteiger partial charge on any atom is 0.152 e. The number of nitrogen functional groups attached to an aromatic ring is 1. The van der Waals surface area contributed by atoms with E-state index in [0.717, 1.165) is 13.0 Å². The summed E-state index contributed by atoms with van der Waals surface area (Å²) in [5.74, 6) is 0.667. The van der Waals surface area contributed by atoms with Crippen molar-refractivity contribution in [3.8, 4) is 5.75 Å². The van der Waals surface area contributed by atoms with Crippen LogP contribution in [-0.2, 0) is 0 Å². The van der Waals surface area contributed by atoms with Gasteiger partial charge in [-0.1, -0.05) is 11.6 Å². The van der Waals surface area contributed by atoms with Crippen molar-refractivity contribution in [2.75, 3.05) is 18.9 Å². The third-order valence-corrected chi connectivity index (χ3v) is 2.53. The Bertz CT molecular complexity index is 328. The van der Waals surface area contributed by atoms with Crippen molar-refractivity contribution < 1.29 is 4.74 Å². The SMILES string of the molecule is Nc1cc(OC[C@@H]2CCN2)cnc1Cl. The molecular formula is C9H12ClN3O. The summed E-state index contributed by atoms with van der Waals surface area (Å²) < 4.78 is 5.48. The lowest BCUT2D eigenvalue weighted by Crippen LogP contribution is -2.46. The summed E-state index contributed by atoms with van der Waals surface area (Å²) in [4.78, 5) is 3.90. The minimum absolute atomic E-state index is 0.319. The fourth-order valence-corrected chi connectivity index (χ4v) is 1.31. The third kappa shape index (κ3) is 2.08. The van der Waals surface area contributed by atoms with E-state index >= 15 is 0 Å². The van der Waals surface area contributed by atoms with Crippen molar-refractivity contribution in [1.29, 1.82) is 0 Å². The molecule has 76 valence electrons.